The van der Waals surface area contributed by atoms with Crippen molar-refractivity contribution in [1.29, 1.82) is 0 Å². The van der Waals surface area contributed by atoms with Gasteiger partial charge in [0.05, 0.1) is 30.9 Å². The lowest BCUT2D eigenvalue weighted by atomic mass is 10.2. The summed E-state index contributed by atoms with van der Waals surface area (Å²) in [5.41, 5.74) is 0.717. The van der Waals surface area contributed by atoms with Crippen LogP contribution in [-0.2, 0) is 14.2 Å². The van der Waals surface area contributed by atoms with Gasteiger partial charge in [-0.15, -0.1) is 0 Å². The van der Waals surface area contributed by atoms with Gasteiger partial charge in [0.15, 0.2) is 0 Å². The summed E-state index contributed by atoms with van der Waals surface area (Å²) in [6, 6.07) is 19.4. The van der Waals surface area contributed by atoms with Crippen molar-refractivity contribution in [2.45, 2.75) is 26.4 Å². The molecule has 0 aliphatic carbocycles. The third-order valence-electron chi connectivity index (χ3n) is 5.38. The zero-order valence-corrected chi connectivity index (χ0v) is 22.3. The zero-order chi connectivity index (χ0) is 28.7. The lowest BCUT2D eigenvalue weighted by Crippen LogP contribution is -2.27. The van der Waals surface area contributed by atoms with Crippen LogP contribution < -0.4 is 14.2 Å². The molecular formula is C31H30O9. The molecule has 0 radical (unpaired) electrons. The lowest BCUT2D eigenvalue weighted by molar-refractivity contribution is -0.00975. The fraction of sp³-hybridized carbons (Fsp3) is 0.258. The van der Waals surface area contributed by atoms with E-state index in [1.54, 1.807) is 60.7 Å². The van der Waals surface area contributed by atoms with Crippen LogP contribution in [0.4, 0.5) is 0 Å². The minimum Gasteiger partial charge on any atom is -0.494 e. The van der Waals surface area contributed by atoms with Crippen LogP contribution in [0.2, 0.25) is 0 Å². The Kier molecular flexibility index (Phi) is 11.4. The molecule has 0 bridgehead atoms. The second-order valence-corrected chi connectivity index (χ2v) is 8.19. The Hall–Kier alpha value is -4.97. The summed E-state index contributed by atoms with van der Waals surface area (Å²) in [7, 11) is 0. The summed E-state index contributed by atoms with van der Waals surface area (Å²) in [5.74, 6) is -0.720. The summed E-state index contributed by atoms with van der Waals surface area (Å²) >= 11 is 0. The van der Waals surface area contributed by atoms with E-state index in [2.05, 4.69) is 0 Å². The number of esters is 3. The Labute approximate surface area is 232 Å². The monoisotopic (exact) mass is 546 g/mol. The Morgan fingerprint density at radius 1 is 0.775 bits per heavy atom. The van der Waals surface area contributed by atoms with Crippen LogP contribution in [-0.4, -0.2) is 50.4 Å². The number of hydrogen-bond donors (Lipinski definition) is 0. The van der Waals surface area contributed by atoms with Crippen molar-refractivity contribution < 1.29 is 42.8 Å². The second kappa shape index (κ2) is 15.4. The number of benzene rings is 3. The first-order valence-corrected chi connectivity index (χ1v) is 12.7. The largest absolute Gasteiger partial charge is 0.494 e. The maximum atomic E-state index is 12.9. The van der Waals surface area contributed by atoms with Gasteiger partial charge in [-0.1, -0.05) is 30.7 Å². The molecule has 0 saturated carbocycles. The number of carbonyl (C=O) groups excluding carboxylic acids is 3. The Morgan fingerprint density at radius 3 is 2.17 bits per heavy atom. The average molecular weight is 547 g/mol. The molecule has 0 aliphatic rings. The van der Waals surface area contributed by atoms with E-state index in [-0.39, 0.29) is 42.1 Å². The smallest absolute Gasteiger partial charge is 0.341 e. The molecule has 0 saturated heterocycles. The molecule has 0 N–H and O–H groups in total. The van der Waals surface area contributed by atoms with E-state index in [0.717, 1.165) is 0 Å². The fourth-order valence-corrected chi connectivity index (χ4v) is 3.56. The van der Waals surface area contributed by atoms with Gasteiger partial charge in [0.2, 0.25) is 0 Å². The molecular weight excluding hydrogens is 516 g/mol. The van der Waals surface area contributed by atoms with Crippen molar-refractivity contribution in [3.63, 3.8) is 0 Å². The van der Waals surface area contributed by atoms with Crippen LogP contribution in [0.1, 0.15) is 51.3 Å². The van der Waals surface area contributed by atoms with Crippen LogP contribution >= 0.6 is 0 Å². The summed E-state index contributed by atoms with van der Waals surface area (Å²) in [4.78, 5) is 38.2. The molecule has 0 aliphatic heterocycles. The predicted molar refractivity (Wildman–Crippen MR) is 146 cm³/mol. The van der Waals surface area contributed by atoms with Crippen molar-refractivity contribution in [2.24, 2.45) is 0 Å². The molecule has 0 amide bonds. The standard InChI is InChI=1S/C31H30O9/c1-4-35-24-13-9-11-22(19-24)29(32)39-21-26(40-30(33)23-12-10-14-25(20-23)36-5-2)17-18-38-31(34)27-15-7-8-16-28(27)37-6-3/h2,7-16,19-20,26H,4,6,17-18,21H2,1,3H3. The second-order valence-electron chi connectivity index (χ2n) is 8.19. The van der Waals surface area contributed by atoms with E-state index in [9.17, 15) is 14.4 Å². The molecule has 9 heteroatoms. The molecule has 0 spiro atoms. The number of ether oxygens (including phenoxy) is 6. The van der Waals surface area contributed by atoms with Gasteiger partial charge < -0.3 is 28.4 Å². The highest BCUT2D eigenvalue weighted by atomic mass is 16.6. The van der Waals surface area contributed by atoms with E-state index in [0.29, 0.717) is 24.7 Å². The molecule has 0 fully saturated rings. The number of carbonyl (C=O) groups is 3. The van der Waals surface area contributed by atoms with Crippen molar-refractivity contribution in [2.75, 3.05) is 26.4 Å². The number of hydrogen-bond acceptors (Lipinski definition) is 9. The molecule has 0 heterocycles. The normalized spacial score (nSPS) is 10.9. The van der Waals surface area contributed by atoms with E-state index >= 15 is 0 Å². The van der Waals surface area contributed by atoms with Gasteiger partial charge in [0.1, 0.15) is 41.6 Å². The summed E-state index contributed by atoms with van der Waals surface area (Å²) in [6.45, 7) is 4.07. The first kappa shape index (κ1) is 29.6. The SMILES string of the molecule is C#COc1cccc(C(=O)OC(CCOC(=O)c2ccccc2OCC)COC(=O)c2cccc(OCC)c2)c1. The predicted octanol–water partition coefficient (Wildman–Crippen LogP) is 5.08. The van der Waals surface area contributed by atoms with Crippen molar-refractivity contribution in [3.05, 3.63) is 89.5 Å². The summed E-state index contributed by atoms with van der Waals surface area (Å²) < 4.78 is 32.3. The van der Waals surface area contributed by atoms with E-state index < -0.39 is 24.0 Å². The third kappa shape index (κ3) is 8.81. The third-order valence-corrected chi connectivity index (χ3v) is 5.38. The molecule has 1 atom stereocenters. The lowest BCUT2D eigenvalue weighted by Gasteiger charge is -2.19. The van der Waals surface area contributed by atoms with Crippen LogP contribution in [0, 0.1) is 12.5 Å². The van der Waals surface area contributed by atoms with Gasteiger partial charge in [0, 0.05) is 6.42 Å². The van der Waals surface area contributed by atoms with Crippen molar-refractivity contribution >= 4 is 17.9 Å². The summed E-state index contributed by atoms with van der Waals surface area (Å²) in [6.07, 6.45) is 6.33. The zero-order valence-electron chi connectivity index (χ0n) is 22.3. The highest BCUT2D eigenvalue weighted by Gasteiger charge is 2.21. The molecule has 3 aromatic rings. The van der Waals surface area contributed by atoms with Crippen LogP contribution in [0.25, 0.3) is 0 Å². The molecule has 3 aromatic carbocycles. The highest BCUT2D eigenvalue weighted by Crippen LogP contribution is 2.20. The van der Waals surface area contributed by atoms with E-state index in [1.165, 1.54) is 12.1 Å². The van der Waals surface area contributed by atoms with Crippen molar-refractivity contribution in [1.82, 2.24) is 0 Å². The van der Waals surface area contributed by atoms with E-state index in [1.807, 2.05) is 20.0 Å². The first-order chi connectivity index (χ1) is 19.4. The molecule has 1 unspecified atom stereocenters. The van der Waals surface area contributed by atoms with Gasteiger partial charge in [0.25, 0.3) is 0 Å². The first-order valence-electron chi connectivity index (χ1n) is 12.7. The van der Waals surface area contributed by atoms with Gasteiger partial charge in [-0.05, 0) is 62.4 Å². The van der Waals surface area contributed by atoms with E-state index in [4.69, 9.17) is 34.8 Å². The highest BCUT2D eigenvalue weighted by molar-refractivity contribution is 5.92. The van der Waals surface area contributed by atoms with Gasteiger partial charge in [-0.2, -0.15) is 0 Å². The molecule has 9 nitrogen and oxygen atoms in total. The van der Waals surface area contributed by atoms with Crippen LogP contribution in [0.15, 0.2) is 72.8 Å². The minimum atomic E-state index is -0.932. The number of rotatable bonds is 14. The minimum absolute atomic E-state index is 0.0566. The van der Waals surface area contributed by atoms with Gasteiger partial charge >= 0.3 is 17.9 Å². The Balaban J connectivity index is 1.68. The van der Waals surface area contributed by atoms with Gasteiger partial charge in [-0.3, -0.25) is 0 Å². The quantitative estimate of drug-likeness (QED) is 0.155. The fourth-order valence-electron chi connectivity index (χ4n) is 3.56. The number of para-hydroxylation sites is 1. The number of terminal acetylenes is 1. The maximum absolute atomic E-state index is 12.9. The molecule has 3 rings (SSSR count). The topological polar surface area (TPSA) is 107 Å². The summed E-state index contributed by atoms with van der Waals surface area (Å²) in [5, 5.41) is 0. The maximum Gasteiger partial charge on any atom is 0.341 e. The Bertz CT molecular complexity index is 1340. The molecule has 208 valence electrons. The van der Waals surface area contributed by atoms with Crippen molar-refractivity contribution in [3.8, 4) is 29.8 Å². The molecule has 40 heavy (non-hydrogen) atoms. The average Bonchev–Trinajstić information content (AvgIpc) is 2.96. The van der Waals surface area contributed by atoms with Crippen LogP contribution in [0.3, 0.4) is 0 Å². The Morgan fingerprint density at radius 2 is 1.45 bits per heavy atom. The molecule has 0 aromatic heterocycles. The van der Waals surface area contributed by atoms with Crippen LogP contribution in [0.5, 0.6) is 17.2 Å². The van der Waals surface area contributed by atoms with Gasteiger partial charge in [-0.25, -0.2) is 14.4 Å².